The number of rotatable bonds is 3. The molecule has 1 amide bonds. The Hall–Kier alpha value is -1.88. The number of aryl methyl sites for hydroxylation is 1. The molecule has 5 heteroatoms. The zero-order valence-electron chi connectivity index (χ0n) is 11.6. The van der Waals surface area contributed by atoms with Crippen LogP contribution in [0.15, 0.2) is 29.6 Å². The normalized spacial score (nSPS) is 17.8. The van der Waals surface area contributed by atoms with Crippen LogP contribution in [0.2, 0.25) is 0 Å². The minimum atomic E-state index is -0.165. The van der Waals surface area contributed by atoms with Crippen LogP contribution in [0, 0.1) is 6.92 Å². The SMILES string of the molecule is CCCN1C(=O)c2ccccc2N[C@@H]1c1csc(C)n1. The molecule has 0 fully saturated rings. The number of aromatic nitrogens is 1. The predicted octanol–water partition coefficient (Wildman–Crippen LogP) is 3.43. The number of para-hydroxylation sites is 1. The lowest BCUT2D eigenvalue weighted by Gasteiger charge is -2.36. The van der Waals surface area contributed by atoms with E-state index in [-0.39, 0.29) is 12.1 Å². The standard InChI is InChI=1S/C15H17N3OS/c1-3-8-18-14(13-9-20-10(2)16-13)17-12-7-5-4-6-11(12)15(18)19/h4-7,9,14,17H,3,8H2,1-2H3/t14-/m0/s1. The zero-order chi connectivity index (χ0) is 14.1. The predicted molar refractivity (Wildman–Crippen MR) is 81.0 cm³/mol. The minimum Gasteiger partial charge on any atom is -0.359 e. The molecule has 1 N–H and O–H groups in total. The average Bonchev–Trinajstić information content (AvgIpc) is 2.88. The highest BCUT2D eigenvalue weighted by Gasteiger charge is 2.33. The van der Waals surface area contributed by atoms with Crippen LogP contribution < -0.4 is 5.32 Å². The lowest BCUT2D eigenvalue weighted by atomic mass is 10.1. The van der Waals surface area contributed by atoms with Crippen molar-refractivity contribution in [3.8, 4) is 0 Å². The van der Waals surface area contributed by atoms with Crippen LogP contribution in [-0.4, -0.2) is 22.3 Å². The van der Waals surface area contributed by atoms with Crippen molar-refractivity contribution in [2.75, 3.05) is 11.9 Å². The summed E-state index contributed by atoms with van der Waals surface area (Å²) in [4.78, 5) is 19.1. The topological polar surface area (TPSA) is 45.2 Å². The number of carbonyl (C=O) groups excluding carboxylic acids is 1. The Morgan fingerprint density at radius 2 is 2.20 bits per heavy atom. The third kappa shape index (κ3) is 2.18. The largest absolute Gasteiger partial charge is 0.359 e. The maximum atomic E-state index is 12.7. The van der Waals surface area contributed by atoms with Gasteiger partial charge in [0.15, 0.2) is 0 Å². The van der Waals surface area contributed by atoms with Gasteiger partial charge in [-0.25, -0.2) is 4.98 Å². The Balaban J connectivity index is 2.03. The van der Waals surface area contributed by atoms with Gasteiger partial charge in [-0.05, 0) is 25.5 Å². The highest BCUT2D eigenvalue weighted by Crippen LogP contribution is 2.33. The first-order chi connectivity index (χ1) is 9.70. The number of fused-ring (bicyclic) bond motifs is 1. The van der Waals surface area contributed by atoms with Gasteiger partial charge in [0.25, 0.3) is 5.91 Å². The smallest absolute Gasteiger partial charge is 0.257 e. The second-order valence-corrected chi connectivity index (χ2v) is 5.94. The summed E-state index contributed by atoms with van der Waals surface area (Å²) in [5, 5.41) is 6.48. The fourth-order valence-corrected chi connectivity index (χ4v) is 3.13. The Bertz CT molecular complexity index is 638. The lowest BCUT2D eigenvalue weighted by molar-refractivity contribution is 0.0680. The van der Waals surface area contributed by atoms with Gasteiger partial charge in [-0.2, -0.15) is 0 Å². The first kappa shape index (κ1) is 13.1. The van der Waals surface area contributed by atoms with Crippen LogP contribution in [-0.2, 0) is 0 Å². The molecule has 1 aromatic heterocycles. The monoisotopic (exact) mass is 287 g/mol. The molecule has 0 aliphatic carbocycles. The van der Waals surface area contributed by atoms with E-state index in [4.69, 9.17) is 0 Å². The van der Waals surface area contributed by atoms with Crippen LogP contribution in [0.3, 0.4) is 0 Å². The number of hydrogen-bond acceptors (Lipinski definition) is 4. The highest BCUT2D eigenvalue weighted by molar-refractivity contribution is 7.09. The van der Waals surface area contributed by atoms with Gasteiger partial charge >= 0.3 is 0 Å². The maximum absolute atomic E-state index is 12.7. The van der Waals surface area contributed by atoms with Crippen molar-refractivity contribution >= 4 is 22.9 Å². The molecule has 1 atom stereocenters. The van der Waals surface area contributed by atoms with Gasteiger partial charge in [0.05, 0.1) is 16.3 Å². The molecule has 4 nitrogen and oxygen atoms in total. The van der Waals surface area contributed by atoms with Crippen LogP contribution in [0.5, 0.6) is 0 Å². The van der Waals surface area contributed by atoms with Crippen molar-refractivity contribution in [1.29, 1.82) is 0 Å². The summed E-state index contributed by atoms with van der Waals surface area (Å²) < 4.78 is 0. The fraction of sp³-hybridized carbons (Fsp3) is 0.333. The molecule has 1 aliphatic heterocycles. The highest BCUT2D eigenvalue weighted by atomic mass is 32.1. The first-order valence-electron chi connectivity index (χ1n) is 6.79. The number of nitrogens with one attached hydrogen (secondary N) is 1. The van der Waals surface area contributed by atoms with E-state index in [1.807, 2.05) is 41.5 Å². The number of thiazole rings is 1. The molecule has 0 radical (unpaired) electrons. The van der Waals surface area contributed by atoms with E-state index < -0.39 is 0 Å². The van der Waals surface area contributed by atoms with Crippen molar-refractivity contribution in [3.05, 3.63) is 45.9 Å². The van der Waals surface area contributed by atoms with Crippen molar-refractivity contribution in [3.63, 3.8) is 0 Å². The Morgan fingerprint density at radius 1 is 1.40 bits per heavy atom. The summed E-state index contributed by atoms with van der Waals surface area (Å²) in [6.45, 7) is 4.79. The van der Waals surface area contributed by atoms with E-state index >= 15 is 0 Å². The molecule has 0 saturated heterocycles. The van der Waals surface area contributed by atoms with Crippen molar-refractivity contribution in [1.82, 2.24) is 9.88 Å². The number of hydrogen-bond donors (Lipinski definition) is 1. The molecule has 0 saturated carbocycles. The number of benzene rings is 1. The number of nitrogens with zero attached hydrogens (tertiary/aromatic N) is 2. The van der Waals surface area contributed by atoms with E-state index in [0.717, 1.165) is 34.9 Å². The molecular formula is C15H17N3OS. The van der Waals surface area contributed by atoms with Gasteiger partial charge in [-0.1, -0.05) is 19.1 Å². The number of amides is 1. The number of anilines is 1. The lowest BCUT2D eigenvalue weighted by Crippen LogP contribution is -2.43. The van der Waals surface area contributed by atoms with E-state index in [1.165, 1.54) is 0 Å². The average molecular weight is 287 g/mol. The van der Waals surface area contributed by atoms with Crippen LogP contribution >= 0.6 is 11.3 Å². The van der Waals surface area contributed by atoms with Gasteiger partial charge in [0.2, 0.25) is 0 Å². The first-order valence-corrected chi connectivity index (χ1v) is 7.67. The van der Waals surface area contributed by atoms with Crippen molar-refractivity contribution < 1.29 is 4.79 Å². The molecule has 104 valence electrons. The Kier molecular flexibility index (Phi) is 3.44. The summed E-state index contributed by atoms with van der Waals surface area (Å²) in [5.74, 6) is 0.0804. The minimum absolute atomic E-state index is 0.0804. The van der Waals surface area contributed by atoms with E-state index in [0.29, 0.717) is 0 Å². The third-order valence-corrected chi connectivity index (χ3v) is 4.20. The summed E-state index contributed by atoms with van der Waals surface area (Å²) in [5.41, 5.74) is 2.55. The second kappa shape index (κ2) is 5.25. The Labute approximate surface area is 122 Å². The molecule has 2 heterocycles. The van der Waals surface area contributed by atoms with E-state index in [1.54, 1.807) is 11.3 Å². The quantitative estimate of drug-likeness (QED) is 0.940. The van der Waals surface area contributed by atoms with E-state index in [9.17, 15) is 4.79 Å². The van der Waals surface area contributed by atoms with Gasteiger partial charge in [-0.3, -0.25) is 4.79 Å². The van der Waals surface area contributed by atoms with Gasteiger partial charge in [0, 0.05) is 17.6 Å². The Morgan fingerprint density at radius 3 is 2.90 bits per heavy atom. The molecule has 1 aromatic carbocycles. The molecule has 0 bridgehead atoms. The summed E-state index contributed by atoms with van der Waals surface area (Å²) in [6, 6.07) is 7.66. The van der Waals surface area contributed by atoms with Crippen LogP contribution in [0.4, 0.5) is 5.69 Å². The second-order valence-electron chi connectivity index (χ2n) is 4.88. The molecule has 0 unspecified atom stereocenters. The van der Waals surface area contributed by atoms with Crippen LogP contribution in [0.1, 0.15) is 40.6 Å². The summed E-state index contributed by atoms with van der Waals surface area (Å²) in [7, 11) is 0. The van der Waals surface area contributed by atoms with Gasteiger partial charge < -0.3 is 10.2 Å². The molecular weight excluding hydrogens is 270 g/mol. The third-order valence-electron chi connectivity index (χ3n) is 3.40. The molecule has 3 rings (SSSR count). The fourth-order valence-electron chi connectivity index (χ4n) is 2.50. The van der Waals surface area contributed by atoms with E-state index in [2.05, 4.69) is 17.2 Å². The molecule has 2 aromatic rings. The maximum Gasteiger partial charge on any atom is 0.257 e. The molecule has 20 heavy (non-hydrogen) atoms. The zero-order valence-corrected chi connectivity index (χ0v) is 12.4. The summed E-state index contributed by atoms with van der Waals surface area (Å²) >= 11 is 1.61. The van der Waals surface area contributed by atoms with Gasteiger partial charge in [0.1, 0.15) is 6.17 Å². The summed E-state index contributed by atoms with van der Waals surface area (Å²) in [6.07, 6.45) is 0.761. The van der Waals surface area contributed by atoms with Crippen LogP contribution in [0.25, 0.3) is 0 Å². The van der Waals surface area contributed by atoms with Crippen molar-refractivity contribution in [2.45, 2.75) is 26.4 Å². The molecule has 1 aliphatic rings. The number of carbonyl (C=O) groups is 1. The van der Waals surface area contributed by atoms with Gasteiger partial charge in [-0.15, -0.1) is 11.3 Å². The van der Waals surface area contributed by atoms with Crippen molar-refractivity contribution in [2.24, 2.45) is 0 Å². The molecule has 0 spiro atoms.